The topological polar surface area (TPSA) is 87.2 Å². The van der Waals surface area contributed by atoms with Gasteiger partial charge in [-0.3, -0.25) is 4.79 Å². The fraction of sp³-hybridized carbons (Fsp3) is 0.458. The molecule has 2 aromatic carbocycles. The third-order valence-corrected chi connectivity index (χ3v) is 9.59. The van der Waals surface area contributed by atoms with Crippen molar-refractivity contribution in [2.75, 3.05) is 18.0 Å². The summed E-state index contributed by atoms with van der Waals surface area (Å²) in [6.45, 7) is 2.93. The highest BCUT2D eigenvalue weighted by Gasteiger charge is 2.60. The number of hydrogen-bond donors (Lipinski definition) is 1. The summed E-state index contributed by atoms with van der Waals surface area (Å²) in [5.74, 6) is -1.27. The summed E-state index contributed by atoms with van der Waals surface area (Å²) in [6.07, 6.45) is 0.380. The van der Waals surface area contributed by atoms with E-state index in [2.05, 4.69) is 4.74 Å². The molecule has 0 radical (unpaired) electrons. The highest BCUT2D eigenvalue weighted by Crippen LogP contribution is 2.46. The fourth-order valence-corrected chi connectivity index (χ4v) is 7.91. The number of piperazine rings is 1. The first kappa shape index (κ1) is 24.4. The molecular formula is C24H28F2N2O5S. The van der Waals surface area contributed by atoms with E-state index in [1.165, 1.54) is 10.4 Å². The number of aliphatic carboxylic acids is 1. The molecule has 184 valence electrons. The van der Waals surface area contributed by atoms with Crippen molar-refractivity contribution in [1.29, 1.82) is 0 Å². The van der Waals surface area contributed by atoms with Crippen LogP contribution >= 0.6 is 0 Å². The lowest BCUT2D eigenvalue weighted by Gasteiger charge is -2.47. The Labute approximate surface area is 198 Å². The minimum atomic E-state index is -4.26. The van der Waals surface area contributed by atoms with Crippen LogP contribution in [-0.2, 0) is 26.0 Å². The zero-order chi connectivity index (χ0) is 24.8. The van der Waals surface area contributed by atoms with Crippen LogP contribution in [0.4, 0.5) is 14.5 Å². The van der Waals surface area contributed by atoms with Crippen molar-refractivity contribution < 1.29 is 31.8 Å². The van der Waals surface area contributed by atoms with Crippen LogP contribution in [-0.4, -0.2) is 55.6 Å². The zero-order valence-electron chi connectivity index (χ0n) is 19.2. The number of anilines is 1. The summed E-state index contributed by atoms with van der Waals surface area (Å²) >= 11 is 0. The van der Waals surface area contributed by atoms with Gasteiger partial charge in [-0.15, -0.1) is 0 Å². The van der Waals surface area contributed by atoms with Crippen molar-refractivity contribution in [3.63, 3.8) is 0 Å². The Morgan fingerprint density at radius 1 is 1.15 bits per heavy atom. The van der Waals surface area contributed by atoms with Gasteiger partial charge in [-0.2, -0.15) is 13.1 Å². The third kappa shape index (κ3) is 3.82. The predicted octanol–water partition coefficient (Wildman–Crippen LogP) is 3.75. The number of halogens is 2. The van der Waals surface area contributed by atoms with Crippen molar-refractivity contribution in [2.45, 2.75) is 57.1 Å². The molecule has 7 nitrogen and oxygen atoms in total. The van der Waals surface area contributed by atoms with E-state index in [1.807, 2.05) is 4.90 Å². The lowest BCUT2D eigenvalue weighted by Crippen LogP contribution is -2.63. The van der Waals surface area contributed by atoms with Gasteiger partial charge in [-0.25, -0.2) is 8.42 Å². The Morgan fingerprint density at radius 2 is 1.79 bits per heavy atom. The van der Waals surface area contributed by atoms with Crippen LogP contribution in [0.1, 0.15) is 37.0 Å². The summed E-state index contributed by atoms with van der Waals surface area (Å²) in [7, 11) is -4.26. The number of carboxylic acids is 1. The van der Waals surface area contributed by atoms with Crippen molar-refractivity contribution in [3.05, 3.63) is 59.2 Å². The summed E-state index contributed by atoms with van der Waals surface area (Å²) in [5, 5.41) is 10.2. The van der Waals surface area contributed by atoms with Gasteiger partial charge in [0.25, 0.3) is 0 Å². The van der Waals surface area contributed by atoms with Crippen LogP contribution in [0.5, 0.6) is 5.75 Å². The second kappa shape index (κ2) is 8.81. The molecule has 0 amide bonds. The summed E-state index contributed by atoms with van der Waals surface area (Å²) in [6, 6.07) is 10.7. The van der Waals surface area contributed by atoms with Crippen LogP contribution in [0.25, 0.3) is 0 Å². The average molecular weight is 495 g/mol. The molecule has 2 aliphatic rings. The summed E-state index contributed by atoms with van der Waals surface area (Å²) in [4.78, 5) is 14.5. The zero-order valence-corrected chi connectivity index (χ0v) is 20.1. The monoisotopic (exact) mass is 494 g/mol. The molecule has 10 heteroatoms. The first-order chi connectivity index (χ1) is 16.0. The second-order valence-corrected chi connectivity index (χ2v) is 11.1. The summed E-state index contributed by atoms with van der Waals surface area (Å²) in [5.41, 5.74) is 2.39. The quantitative estimate of drug-likeness (QED) is 0.658. The normalized spacial score (nSPS) is 25.4. The minimum Gasteiger partial charge on any atom is -0.480 e. The molecule has 1 aliphatic carbocycles. The number of sulfonamides is 1. The van der Waals surface area contributed by atoms with Crippen LogP contribution in [0, 0.1) is 6.92 Å². The number of ether oxygens (including phenoxy) is 1. The predicted molar refractivity (Wildman–Crippen MR) is 124 cm³/mol. The Morgan fingerprint density at radius 3 is 2.38 bits per heavy atom. The fourth-order valence-electron chi connectivity index (χ4n) is 5.41. The first-order valence-electron chi connectivity index (χ1n) is 11.1. The van der Waals surface area contributed by atoms with Gasteiger partial charge in [-0.05, 0) is 68.5 Å². The van der Waals surface area contributed by atoms with E-state index < -0.39 is 39.4 Å². The van der Waals surface area contributed by atoms with Crippen LogP contribution in [0.15, 0.2) is 42.5 Å². The molecule has 2 aromatic rings. The maximum Gasteiger partial charge on any atom is 0.387 e. The number of nitrogens with zero attached hydrogens (tertiary/aromatic N) is 2. The maximum atomic E-state index is 14.0. The van der Waals surface area contributed by atoms with E-state index in [9.17, 15) is 27.1 Å². The molecule has 1 heterocycles. The Balaban J connectivity index is 1.64. The standard InChI is InChI=1S/C24H28F2N2O5S/c1-15-12-19(8-9-21(15)33-23(25)26)27-13-16(2)28(17(3)14-27)34(31,32)24(22(29)30)11-10-18-6-4-5-7-20(18)24/h4-9,12,16-17,23H,10-11,13-14H2,1-3H3,(H,29,30)/t16-,17+,24?. The molecule has 1 aliphatic heterocycles. The number of alkyl halides is 2. The molecule has 3 atom stereocenters. The number of aryl methyl sites for hydroxylation is 2. The molecule has 0 aromatic heterocycles. The number of hydrogen-bond acceptors (Lipinski definition) is 5. The van der Waals surface area contributed by atoms with E-state index in [0.29, 0.717) is 30.6 Å². The van der Waals surface area contributed by atoms with E-state index in [0.717, 1.165) is 11.3 Å². The number of fused-ring (bicyclic) bond motifs is 1. The number of carboxylic acid groups (broad SMARTS) is 1. The molecule has 0 saturated carbocycles. The number of carbonyl (C=O) groups is 1. The Kier molecular flexibility index (Phi) is 6.32. The van der Waals surface area contributed by atoms with Crippen LogP contribution < -0.4 is 9.64 Å². The van der Waals surface area contributed by atoms with Crippen molar-refractivity contribution >= 4 is 21.7 Å². The highest BCUT2D eigenvalue weighted by atomic mass is 32.2. The van der Waals surface area contributed by atoms with E-state index >= 15 is 0 Å². The minimum absolute atomic E-state index is 0.00549. The Bertz CT molecular complexity index is 1190. The molecule has 1 saturated heterocycles. The van der Waals surface area contributed by atoms with Gasteiger partial charge in [-0.1, -0.05) is 24.3 Å². The smallest absolute Gasteiger partial charge is 0.387 e. The molecule has 1 unspecified atom stereocenters. The molecule has 0 spiro atoms. The van der Waals surface area contributed by atoms with Gasteiger partial charge < -0.3 is 14.7 Å². The molecular weight excluding hydrogens is 466 g/mol. The molecule has 0 bridgehead atoms. The first-order valence-corrected chi connectivity index (χ1v) is 12.6. The van der Waals surface area contributed by atoms with E-state index in [4.69, 9.17) is 0 Å². The average Bonchev–Trinajstić information content (AvgIpc) is 3.15. The molecule has 4 rings (SSSR count). The second-order valence-electron chi connectivity index (χ2n) is 9.06. The maximum absolute atomic E-state index is 14.0. The van der Waals surface area contributed by atoms with Gasteiger partial charge in [0.15, 0.2) is 0 Å². The SMILES string of the molecule is Cc1cc(N2C[C@@H](C)N(S(=O)(=O)C3(C(=O)O)CCc4ccccc43)[C@@H](C)C2)ccc1OC(F)F. The van der Waals surface area contributed by atoms with Gasteiger partial charge >= 0.3 is 12.6 Å². The van der Waals surface area contributed by atoms with E-state index in [1.54, 1.807) is 57.2 Å². The number of benzene rings is 2. The molecule has 34 heavy (non-hydrogen) atoms. The van der Waals surface area contributed by atoms with Crippen molar-refractivity contribution in [3.8, 4) is 5.75 Å². The largest absolute Gasteiger partial charge is 0.480 e. The van der Waals surface area contributed by atoms with Crippen LogP contribution in [0.2, 0.25) is 0 Å². The van der Waals surface area contributed by atoms with E-state index in [-0.39, 0.29) is 12.2 Å². The van der Waals surface area contributed by atoms with Crippen molar-refractivity contribution in [2.24, 2.45) is 0 Å². The molecule has 1 N–H and O–H groups in total. The van der Waals surface area contributed by atoms with Crippen LogP contribution in [0.3, 0.4) is 0 Å². The lowest BCUT2D eigenvalue weighted by atomic mass is 10.0. The number of rotatable bonds is 6. The highest BCUT2D eigenvalue weighted by molar-refractivity contribution is 7.91. The lowest BCUT2D eigenvalue weighted by molar-refractivity contribution is -0.140. The van der Waals surface area contributed by atoms with Gasteiger partial charge in [0.1, 0.15) is 5.75 Å². The van der Waals surface area contributed by atoms with Gasteiger partial charge in [0.2, 0.25) is 14.8 Å². The third-order valence-electron chi connectivity index (χ3n) is 6.84. The van der Waals surface area contributed by atoms with Gasteiger partial charge in [0, 0.05) is 30.9 Å². The Hall–Kier alpha value is -2.72. The van der Waals surface area contributed by atoms with Crippen molar-refractivity contribution in [1.82, 2.24) is 4.31 Å². The molecule has 1 fully saturated rings. The summed E-state index contributed by atoms with van der Waals surface area (Å²) < 4.78 is 57.1. The van der Waals surface area contributed by atoms with Gasteiger partial charge in [0.05, 0.1) is 0 Å².